The molecule has 2 rings (SSSR count). The average Bonchev–Trinajstić information content (AvgIpc) is 2.75. The van der Waals surface area contributed by atoms with Gasteiger partial charge >= 0.3 is 0 Å². The van der Waals surface area contributed by atoms with Gasteiger partial charge in [0.1, 0.15) is 18.3 Å². The molecule has 0 spiro atoms. The van der Waals surface area contributed by atoms with Crippen LogP contribution in [0.5, 0.6) is 5.75 Å². The fraction of sp³-hybridized carbons (Fsp3) is 0.391. The molecule has 1 unspecified atom stereocenters. The lowest BCUT2D eigenvalue weighted by atomic mass is 10.1. The SMILES string of the molecule is COc1ccc(N(CC(=O)N(Cc2c(Cl)cccc2Cl)C(C)C(=O)NC(C)C)S(C)(=O)=O)cc1Cl. The summed E-state index contributed by atoms with van der Waals surface area (Å²) in [6.45, 7) is 4.45. The first-order valence-electron chi connectivity index (χ1n) is 10.6. The normalized spacial score (nSPS) is 12.3. The minimum Gasteiger partial charge on any atom is -0.495 e. The highest BCUT2D eigenvalue weighted by molar-refractivity contribution is 7.92. The number of halogens is 3. The van der Waals surface area contributed by atoms with E-state index in [9.17, 15) is 18.0 Å². The Morgan fingerprint density at radius 3 is 2.11 bits per heavy atom. The van der Waals surface area contributed by atoms with Crippen LogP contribution in [-0.4, -0.2) is 57.1 Å². The van der Waals surface area contributed by atoms with Crippen LogP contribution in [0.15, 0.2) is 36.4 Å². The summed E-state index contributed by atoms with van der Waals surface area (Å²) in [5.74, 6) is -0.691. The molecule has 2 aromatic carbocycles. The van der Waals surface area contributed by atoms with E-state index in [2.05, 4.69) is 5.32 Å². The Labute approximate surface area is 221 Å². The van der Waals surface area contributed by atoms with E-state index in [-0.39, 0.29) is 23.3 Å². The zero-order chi connectivity index (χ0) is 26.5. The summed E-state index contributed by atoms with van der Waals surface area (Å²) >= 11 is 18.8. The van der Waals surface area contributed by atoms with Crippen LogP contribution >= 0.6 is 34.8 Å². The first-order chi connectivity index (χ1) is 16.3. The van der Waals surface area contributed by atoms with Gasteiger partial charge in [0.15, 0.2) is 0 Å². The molecule has 192 valence electrons. The van der Waals surface area contributed by atoms with Crippen molar-refractivity contribution in [1.29, 1.82) is 0 Å². The molecule has 1 N–H and O–H groups in total. The van der Waals surface area contributed by atoms with Crippen molar-refractivity contribution in [3.63, 3.8) is 0 Å². The molecule has 1 atom stereocenters. The Morgan fingerprint density at radius 2 is 1.63 bits per heavy atom. The van der Waals surface area contributed by atoms with Crippen LogP contribution in [-0.2, 0) is 26.2 Å². The number of carbonyl (C=O) groups is 2. The van der Waals surface area contributed by atoms with E-state index >= 15 is 0 Å². The third-order valence-corrected chi connectivity index (χ3v) is 7.24. The van der Waals surface area contributed by atoms with E-state index in [0.29, 0.717) is 21.4 Å². The number of benzene rings is 2. The standard InChI is InChI=1S/C23H28Cl3N3O5S/c1-14(2)27-23(31)15(3)28(12-17-18(24)7-6-8-19(17)25)22(30)13-29(35(5,32)33)16-9-10-21(34-4)20(26)11-16/h6-11,14-15H,12-13H2,1-5H3,(H,27,31). The summed E-state index contributed by atoms with van der Waals surface area (Å²) < 4.78 is 31.3. The number of amides is 2. The van der Waals surface area contributed by atoms with Crippen molar-refractivity contribution in [3.05, 3.63) is 57.0 Å². The first-order valence-corrected chi connectivity index (χ1v) is 13.6. The van der Waals surface area contributed by atoms with Crippen LogP contribution in [0.3, 0.4) is 0 Å². The van der Waals surface area contributed by atoms with Crippen molar-refractivity contribution in [2.75, 3.05) is 24.2 Å². The number of sulfonamides is 1. The minimum atomic E-state index is -3.90. The molecule has 35 heavy (non-hydrogen) atoms. The zero-order valence-corrected chi connectivity index (χ0v) is 23.1. The molecular formula is C23H28Cl3N3O5S. The van der Waals surface area contributed by atoms with Gasteiger partial charge in [-0.1, -0.05) is 40.9 Å². The van der Waals surface area contributed by atoms with Gasteiger partial charge in [-0.05, 0) is 51.1 Å². The van der Waals surface area contributed by atoms with Gasteiger partial charge in [-0.3, -0.25) is 13.9 Å². The van der Waals surface area contributed by atoms with Gasteiger partial charge in [-0.2, -0.15) is 0 Å². The van der Waals surface area contributed by atoms with E-state index in [1.54, 1.807) is 39.0 Å². The number of anilines is 1. The monoisotopic (exact) mass is 563 g/mol. The van der Waals surface area contributed by atoms with Crippen molar-refractivity contribution in [2.45, 2.75) is 39.4 Å². The highest BCUT2D eigenvalue weighted by atomic mass is 35.5. The number of methoxy groups -OCH3 is 1. The lowest BCUT2D eigenvalue weighted by Gasteiger charge is -2.32. The Kier molecular flexibility index (Phi) is 10.1. The number of nitrogens with zero attached hydrogens (tertiary/aromatic N) is 2. The minimum absolute atomic E-state index is 0.106. The third-order valence-electron chi connectivity index (χ3n) is 5.09. The Morgan fingerprint density at radius 1 is 1.03 bits per heavy atom. The largest absolute Gasteiger partial charge is 0.495 e. The first kappa shape index (κ1) is 29.0. The fourth-order valence-corrected chi connectivity index (χ4v) is 4.88. The lowest BCUT2D eigenvalue weighted by Crippen LogP contribution is -2.52. The summed E-state index contributed by atoms with van der Waals surface area (Å²) in [5, 5.41) is 3.57. The lowest BCUT2D eigenvalue weighted by molar-refractivity contribution is -0.139. The number of nitrogens with one attached hydrogen (secondary N) is 1. The molecule has 0 radical (unpaired) electrons. The maximum Gasteiger partial charge on any atom is 0.244 e. The van der Waals surface area contributed by atoms with Crippen LogP contribution in [0.2, 0.25) is 15.1 Å². The summed E-state index contributed by atoms with van der Waals surface area (Å²) in [6, 6.07) is 8.15. The maximum absolute atomic E-state index is 13.5. The molecule has 8 nitrogen and oxygen atoms in total. The Bertz CT molecular complexity index is 1170. The van der Waals surface area contributed by atoms with Gasteiger partial charge in [0.05, 0.1) is 24.1 Å². The molecule has 0 heterocycles. The van der Waals surface area contributed by atoms with E-state index in [4.69, 9.17) is 39.5 Å². The van der Waals surface area contributed by atoms with Gasteiger partial charge in [-0.15, -0.1) is 0 Å². The summed E-state index contributed by atoms with van der Waals surface area (Å²) in [7, 11) is -2.47. The van der Waals surface area contributed by atoms with Crippen LogP contribution in [0.4, 0.5) is 5.69 Å². The molecule has 12 heteroatoms. The van der Waals surface area contributed by atoms with Crippen molar-refractivity contribution < 1.29 is 22.7 Å². The number of rotatable bonds is 10. The smallest absolute Gasteiger partial charge is 0.244 e. The van der Waals surface area contributed by atoms with Gasteiger partial charge in [0, 0.05) is 28.2 Å². The topological polar surface area (TPSA) is 96.0 Å². The number of hydrogen-bond donors (Lipinski definition) is 1. The van der Waals surface area contributed by atoms with Gasteiger partial charge < -0.3 is 15.0 Å². The summed E-state index contributed by atoms with van der Waals surface area (Å²) in [6.07, 6.45) is 0.975. The fourth-order valence-electron chi connectivity index (χ4n) is 3.27. The predicted octanol–water partition coefficient (Wildman–Crippen LogP) is 4.36. The molecule has 0 saturated carbocycles. The molecule has 0 fully saturated rings. The summed E-state index contributed by atoms with van der Waals surface area (Å²) in [4.78, 5) is 27.6. The van der Waals surface area contributed by atoms with Gasteiger partial charge in [-0.25, -0.2) is 8.42 Å². The molecule has 0 aromatic heterocycles. The summed E-state index contributed by atoms with van der Waals surface area (Å²) in [5.41, 5.74) is 0.605. The molecular weight excluding hydrogens is 537 g/mol. The maximum atomic E-state index is 13.5. The molecule has 0 aliphatic heterocycles. The van der Waals surface area contributed by atoms with Crippen molar-refractivity contribution >= 4 is 62.3 Å². The molecule has 2 aromatic rings. The van der Waals surface area contributed by atoms with Crippen LogP contribution < -0.4 is 14.4 Å². The van der Waals surface area contributed by atoms with E-state index in [0.717, 1.165) is 10.6 Å². The Hall–Kier alpha value is -2.20. The molecule has 0 bridgehead atoms. The molecule has 0 aliphatic carbocycles. The van der Waals surface area contributed by atoms with E-state index in [1.807, 2.05) is 0 Å². The number of ether oxygens (including phenoxy) is 1. The van der Waals surface area contributed by atoms with Crippen molar-refractivity contribution in [3.8, 4) is 5.75 Å². The highest BCUT2D eigenvalue weighted by Crippen LogP contribution is 2.31. The molecule has 0 aliphatic rings. The zero-order valence-electron chi connectivity index (χ0n) is 20.0. The second-order valence-electron chi connectivity index (χ2n) is 8.15. The second kappa shape index (κ2) is 12.2. The molecule has 2 amide bonds. The Balaban J connectivity index is 2.48. The predicted molar refractivity (Wildman–Crippen MR) is 140 cm³/mol. The second-order valence-corrected chi connectivity index (χ2v) is 11.3. The highest BCUT2D eigenvalue weighted by Gasteiger charge is 2.31. The third kappa shape index (κ3) is 7.64. The van der Waals surface area contributed by atoms with Gasteiger partial charge in [0.2, 0.25) is 21.8 Å². The van der Waals surface area contributed by atoms with Crippen LogP contribution in [0, 0.1) is 0 Å². The number of hydrogen-bond acceptors (Lipinski definition) is 5. The van der Waals surface area contributed by atoms with E-state index in [1.165, 1.54) is 30.2 Å². The van der Waals surface area contributed by atoms with Crippen molar-refractivity contribution in [1.82, 2.24) is 10.2 Å². The quantitative estimate of drug-likeness (QED) is 0.463. The van der Waals surface area contributed by atoms with E-state index < -0.39 is 34.4 Å². The molecule has 0 saturated heterocycles. The average molecular weight is 565 g/mol. The van der Waals surface area contributed by atoms with Crippen LogP contribution in [0.25, 0.3) is 0 Å². The van der Waals surface area contributed by atoms with Gasteiger partial charge in [0.25, 0.3) is 0 Å². The number of carbonyl (C=O) groups excluding carboxylic acids is 2. The van der Waals surface area contributed by atoms with Crippen molar-refractivity contribution in [2.24, 2.45) is 0 Å². The van der Waals surface area contributed by atoms with Crippen LogP contribution in [0.1, 0.15) is 26.3 Å².